The van der Waals surface area contributed by atoms with E-state index < -0.39 is 0 Å². The van der Waals surface area contributed by atoms with Crippen molar-refractivity contribution in [2.45, 2.75) is 6.92 Å². The fourth-order valence-corrected chi connectivity index (χ4v) is 2.97. The molecule has 0 unspecified atom stereocenters. The molecule has 0 atom stereocenters. The van der Waals surface area contributed by atoms with E-state index in [4.69, 9.17) is 0 Å². The van der Waals surface area contributed by atoms with E-state index in [1.807, 2.05) is 23.3 Å². The minimum absolute atomic E-state index is 0. The molecule has 1 aliphatic rings. The van der Waals surface area contributed by atoms with E-state index in [1.54, 1.807) is 7.05 Å². The van der Waals surface area contributed by atoms with E-state index in [0.717, 1.165) is 36.6 Å². The van der Waals surface area contributed by atoms with Crippen molar-refractivity contribution < 1.29 is 9.59 Å². The van der Waals surface area contributed by atoms with Gasteiger partial charge in [-0.2, -0.15) is 0 Å². The highest BCUT2D eigenvalue weighted by molar-refractivity contribution is 7.12. The third kappa shape index (κ3) is 3.94. The lowest BCUT2D eigenvalue weighted by Gasteiger charge is -2.29. The number of likely N-dealkylation sites (N-methyl/N-ethyl adjacent to an activating group) is 1. The van der Waals surface area contributed by atoms with E-state index >= 15 is 0 Å². The molecule has 0 spiro atoms. The number of nitrogens with zero attached hydrogens (tertiary/aromatic N) is 2. The van der Waals surface area contributed by atoms with Gasteiger partial charge >= 0.3 is 0 Å². The fraction of sp³-hybridized carbons (Fsp3) is 0.538. The molecule has 112 valence electrons. The van der Waals surface area contributed by atoms with Crippen LogP contribution >= 0.6 is 23.7 Å². The highest BCUT2D eigenvalue weighted by Gasteiger charge is 2.21. The van der Waals surface area contributed by atoms with Gasteiger partial charge in [0.25, 0.3) is 5.91 Å². The number of nitrogens with one attached hydrogen (secondary N) is 1. The van der Waals surface area contributed by atoms with Crippen LogP contribution in [0.5, 0.6) is 0 Å². The molecule has 0 saturated carbocycles. The minimum Gasteiger partial charge on any atom is -0.339 e. The largest absolute Gasteiger partial charge is 0.339 e. The van der Waals surface area contributed by atoms with Crippen molar-refractivity contribution in [3.05, 3.63) is 21.9 Å². The minimum atomic E-state index is -0.0732. The predicted molar refractivity (Wildman–Crippen MR) is 82.7 cm³/mol. The highest BCUT2D eigenvalue weighted by atomic mass is 35.5. The van der Waals surface area contributed by atoms with Crippen molar-refractivity contribution in [1.82, 2.24) is 15.1 Å². The number of hydrogen-bond acceptors (Lipinski definition) is 4. The van der Waals surface area contributed by atoms with Crippen LogP contribution in [-0.2, 0) is 4.79 Å². The smallest absolute Gasteiger partial charge is 0.264 e. The summed E-state index contributed by atoms with van der Waals surface area (Å²) >= 11 is 1.42. The third-order valence-corrected chi connectivity index (χ3v) is 4.25. The second-order valence-electron chi connectivity index (χ2n) is 4.72. The molecule has 2 rings (SSSR count). The van der Waals surface area contributed by atoms with Crippen molar-refractivity contribution in [1.29, 1.82) is 0 Å². The van der Waals surface area contributed by atoms with E-state index in [0.29, 0.717) is 0 Å². The first-order valence-electron chi connectivity index (χ1n) is 6.37. The molecule has 2 heterocycles. The maximum Gasteiger partial charge on any atom is 0.264 e. The number of piperazine rings is 1. The second kappa shape index (κ2) is 7.61. The molecule has 0 aromatic carbocycles. The highest BCUT2D eigenvalue weighted by Crippen LogP contribution is 2.17. The van der Waals surface area contributed by atoms with Crippen LogP contribution in [0.25, 0.3) is 0 Å². The summed E-state index contributed by atoms with van der Waals surface area (Å²) < 4.78 is 0. The third-order valence-electron chi connectivity index (χ3n) is 3.25. The predicted octanol–water partition coefficient (Wildman–Crippen LogP) is 0.982. The quantitative estimate of drug-likeness (QED) is 0.904. The van der Waals surface area contributed by atoms with Crippen molar-refractivity contribution in [2.24, 2.45) is 0 Å². The average Bonchev–Trinajstić information content (AvgIpc) is 2.85. The summed E-state index contributed by atoms with van der Waals surface area (Å²) in [6.45, 7) is 5.16. The lowest BCUT2D eigenvalue weighted by molar-refractivity contribution is -0.132. The normalized spacial score (nSPS) is 14.6. The Kier molecular flexibility index (Phi) is 6.45. The van der Waals surface area contributed by atoms with Crippen LogP contribution < -0.4 is 5.32 Å². The lowest BCUT2D eigenvalue weighted by atomic mass is 10.2. The van der Waals surface area contributed by atoms with Crippen molar-refractivity contribution in [2.75, 3.05) is 39.8 Å². The Balaban J connectivity index is 0.00000200. The molecule has 2 amide bonds. The molecule has 1 N–H and O–H groups in total. The lowest BCUT2D eigenvalue weighted by Crippen LogP contribution is -2.49. The van der Waals surface area contributed by atoms with Crippen LogP contribution in [0, 0.1) is 6.92 Å². The molecular weight excluding hydrogens is 298 g/mol. The molecular formula is C13H20ClN3O2S. The van der Waals surface area contributed by atoms with Gasteiger partial charge in [0, 0.05) is 33.2 Å². The fourth-order valence-electron chi connectivity index (χ4n) is 2.05. The Morgan fingerprint density at radius 2 is 2.05 bits per heavy atom. The summed E-state index contributed by atoms with van der Waals surface area (Å²) in [5, 5.41) is 5.10. The average molecular weight is 318 g/mol. The van der Waals surface area contributed by atoms with Crippen LogP contribution in [0.1, 0.15) is 15.2 Å². The maximum atomic E-state index is 12.2. The number of rotatable bonds is 3. The topological polar surface area (TPSA) is 52.7 Å². The van der Waals surface area contributed by atoms with Gasteiger partial charge in [-0.15, -0.1) is 23.7 Å². The Hall–Kier alpha value is -1.11. The van der Waals surface area contributed by atoms with Crippen LogP contribution in [0.2, 0.25) is 0 Å². The molecule has 1 aliphatic heterocycles. The molecule has 1 saturated heterocycles. The van der Waals surface area contributed by atoms with Crippen molar-refractivity contribution in [3.63, 3.8) is 0 Å². The SMILES string of the molecule is Cc1ccsc1C(=O)N(C)CC(=O)N1CCNCC1.Cl. The molecule has 5 nitrogen and oxygen atoms in total. The zero-order chi connectivity index (χ0) is 13.8. The van der Waals surface area contributed by atoms with Gasteiger partial charge < -0.3 is 15.1 Å². The summed E-state index contributed by atoms with van der Waals surface area (Å²) in [5.41, 5.74) is 0.969. The summed E-state index contributed by atoms with van der Waals surface area (Å²) in [4.78, 5) is 28.3. The number of aryl methyl sites for hydroxylation is 1. The number of carbonyl (C=O) groups excluding carboxylic acids is 2. The first kappa shape index (κ1) is 16.9. The molecule has 0 bridgehead atoms. The number of halogens is 1. The molecule has 1 aromatic heterocycles. The summed E-state index contributed by atoms with van der Waals surface area (Å²) in [5.74, 6) is -0.0532. The van der Waals surface area contributed by atoms with Gasteiger partial charge in [0.2, 0.25) is 5.91 Å². The Bertz CT molecular complexity index is 472. The standard InChI is InChI=1S/C13H19N3O2S.ClH/c1-10-3-8-19-12(10)13(18)15(2)9-11(17)16-6-4-14-5-7-16;/h3,8,14H,4-7,9H2,1-2H3;1H. The van der Waals surface area contributed by atoms with Crippen LogP contribution in [0.15, 0.2) is 11.4 Å². The van der Waals surface area contributed by atoms with E-state index in [9.17, 15) is 9.59 Å². The van der Waals surface area contributed by atoms with Gasteiger partial charge in [0.15, 0.2) is 0 Å². The number of thiophene rings is 1. The second-order valence-corrected chi connectivity index (χ2v) is 5.64. The number of amides is 2. The van der Waals surface area contributed by atoms with Gasteiger partial charge in [0.05, 0.1) is 11.4 Å². The van der Waals surface area contributed by atoms with Crippen LogP contribution in [-0.4, -0.2) is 61.4 Å². The Morgan fingerprint density at radius 3 is 2.60 bits per heavy atom. The van der Waals surface area contributed by atoms with Gasteiger partial charge in [-0.3, -0.25) is 9.59 Å². The molecule has 20 heavy (non-hydrogen) atoms. The Labute approximate surface area is 129 Å². The summed E-state index contributed by atoms with van der Waals surface area (Å²) in [6.07, 6.45) is 0. The molecule has 1 fully saturated rings. The van der Waals surface area contributed by atoms with E-state index in [-0.39, 0.29) is 30.8 Å². The van der Waals surface area contributed by atoms with Gasteiger partial charge in [-0.05, 0) is 23.9 Å². The van der Waals surface area contributed by atoms with Crippen molar-refractivity contribution >= 4 is 35.6 Å². The van der Waals surface area contributed by atoms with Crippen LogP contribution in [0.4, 0.5) is 0 Å². The van der Waals surface area contributed by atoms with E-state index in [2.05, 4.69) is 5.32 Å². The maximum absolute atomic E-state index is 12.2. The molecule has 7 heteroatoms. The number of hydrogen-bond donors (Lipinski definition) is 1. The van der Waals surface area contributed by atoms with Gasteiger partial charge in [-0.1, -0.05) is 0 Å². The molecule has 0 aliphatic carbocycles. The van der Waals surface area contributed by atoms with Gasteiger partial charge in [-0.25, -0.2) is 0 Å². The number of carbonyl (C=O) groups is 2. The van der Waals surface area contributed by atoms with E-state index in [1.165, 1.54) is 16.2 Å². The zero-order valence-corrected chi connectivity index (χ0v) is 13.4. The van der Waals surface area contributed by atoms with Crippen LogP contribution in [0.3, 0.4) is 0 Å². The van der Waals surface area contributed by atoms with Crippen molar-refractivity contribution in [3.8, 4) is 0 Å². The monoisotopic (exact) mass is 317 g/mol. The first-order valence-corrected chi connectivity index (χ1v) is 7.25. The zero-order valence-electron chi connectivity index (χ0n) is 11.7. The summed E-state index contributed by atoms with van der Waals surface area (Å²) in [7, 11) is 1.68. The molecule has 0 radical (unpaired) electrons. The summed E-state index contributed by atoms with van der Waals surface area (Å²) in [6, 6.07) is 1.92. The van der Waals surface area contributed by atoms with Gasteiger partial charge in [0.1, 0.15) is 0 Å². The Morgan fingerprint density at radius 1 is 1.40 bits per heavy atom. The first-order chi connectivity index (χ1) is 9.09. The molecule has 1 aromatic rings.